The highest BCUT2D eigenvalue weighted by Crippen LogP contribution is 2.30. The van der Waals surface area contributed by atoms with Crippen molar-refractivity contribution >= 4 is 17.4 Å². The number of anilines is 1. The van der Waals surface area contributed by atoms with Crippen LogP contribution in [0.25, 0.3) is 5.65 Å². The standard InChI is InChI=1S/C16H20F2N6O/c1-11-19-20-13-2-3-14(21-24(11)13)23-7-4-12(10-23)15(25)22-8-5-16(17,18)6-9-22/h2-3,12H,4-10H2,1H3. The van der Waals surface area contributed by atoms with Crippen molar-refractivity contribution in [3.63, 3.8) is 0 Å². The normalized spacial score (nSPS) is 23.4. The highest BCUT2D eigenvalue weighted by atomic mass is 19.3. The van der Waals surface area contributed by atoms with Crippen LogP contribution in [0.3, 0.4) is 0 Å². The molecular formula is C16H20F2N6O. The van der Waals surface area contributed by atoms with Crippen LogP contribution in [0.1, 0.15) is 25.1 Å². The molecule has 9 heteroatoms. The fraction of sp³-hybridized carbons (Fsp3) is 0.625. The second-order valence-electron chi connectivity index (χ2n) is 6.82. The molecule has 1 unspecified atom stereocenters. The quantitative estimate of drug-likeness (QED) is 0.822. The average molecular weight is 350 g/mol. The third-order valence-electron chi connectivity index (χ3n) is 5.07. The first-order valence-corrected chi connectivity index (χ1v) is 8.54. The maximum Gasteiger partial charge on any atom is 0.251 e. The molecule has 2 aliphatic heterocycles. The van der Waals surface area contributed by atoms with Crippen LogP contribution in [0.4, 0.5) is 14.6 Å². The number of amides is 1. The van der Waals surface area contributed by atoms with Crippen molar-refractivity contribution in [3.8, 4) is 0 Å². The molecule has 0 radical (unpaired) electrons. The summed E-state index contributed by atoms with van der Waals surface area (Å²) >= 11 is 0. The topological polar surface area (TPSA) is 66.6 Å². The second-order valence-corrected chi connectivity index (χ2v) is 6.82. The lowest BCUT2D eigenvalue weighted by molar-refractivity contribution is -0.140. The Balaban J connectivity index is 1.43. The van der Waals surface area contributed by atoms with Gasteiger partial charge in [-0.15, -0.1) is 15.3 Å². The number of rotatable bonds is 2. The number of halogens is 2. The van der Waals surface area contributed by atoms with Crippen LogP contribution in [-0.4, -0.2) is 62.7 Å². The second kappa shape index (κ2) is 5.89. The number of piperidine rings is 1. The van der Waals surface area contributed by atoms with Crippen molar-refractivity contribution in [2.75, 3.05) is 31.1 Å². The van der Waals surface area contributed by atoms with Crippen molar-refractivity contribution < 1.29 is 13.6 Å². The summed E-state index contributed by atoms with van der Waals surface area (Å²) in [7, 11) is 0. The molecule has 2 saturated heterocycles. The van der Waals surface area contributed by atoms with E-state index in [2.05, 4.69) is 20.2 Å². The molecule has 0 N–H and O–H groups in total. The summed E-state index contributed by atoms with van der Waals surface area (Å²) in [6.07, 6.45) is 0.243. The monoisotopic (exact) mass is 350 g/mol. The number of aromatic nitrogens is 4. The minimum atomic E-state index is -2.63. The molecule has 0 saturated carbocycles. The molecule has 134 valence electrons. The van der Waals surface area contributed by atoms with E-state index < -0.39 is 5.92 Å². The average Bonchev–Trinajstić information content (AvgIpc) is 3.22. The van der Waals surface area contributed by atoms with Crippen molar-refractivity contribution in [1.82, 2.24) is 24.7 Å². The molecule has 25 heavy (non-hydrogen) atoms. The van der Waals surface area contributed by atoms with Crippen LogP contribution in [0.15, 0.2) is 12.1 Å². The molecule has 2 aromatic rings. The van der Waals surface area contributed by atoms with Gasteiger partial charge in [-0.05, 0) is 25.5 Å². The Labute approximate surface area is 143 Å². The largest absolute Gasteiger partial charge is 0.354 e. The number of carbonyl (C=O) groups is 1. The SMILES string of the molecule is Cc1nnc2ccc(N3CCC(C(=O)N4CCC(F)(F)CC4)C3)nn12. The van der Waals surface area contributed by atoms with E-state index in [-0.39, 0.29) is 37.8 Å². The van der Waals surface area contributed by atoms with Gasteiger partial charge in [0.15, 0.2) is 11.5 Å². The van der Waals surface area contributed by atoms with Gasteiger partial charge in [-0.3, -0.25) is 4.79 Å². The zero-order valence-corrected chi connectivity index (χ0v) is 14.0. The summed E-state index contributed by atoms with van der Waals surface area (Å²) in [6.45, 7) is 3.41. The molecule has 2 aromatic heterocycles. The van der Waals surface area contributed by atoms with Crippen LogP contribution in [0.5, 0.6) is 0 Å². The number of aryl methyl sites for hydroxylation is 1. The van der Waals surface area contributed by atoms with Gasteiger partial charge >= 0.3 is 0 Å². The van der Waals surface area contributed by atoms with E-state index in [9.17, 15) is 13.6 Å². The molecular weight excluding hydrogens is 330 g/mol. The Morgan fingerprint density at radius 1 is 1.20 bits per heavy atom. The van der Waals surface area contributed by atoms with E-state index in [1.807, 2.05) is 19.1 Å². The Morgan fingerprint density at radius 2 is 1.96 bits per heavy atom. The van der Waals surface area contributed by atoms with Crippen LogP contribution in [-0.2, 0) is 4.79 Å². The van der Waals surface area contributed by atoms with Crippen molar-refractivity contribution in [1.29, 1.82) is 0 Å². The van der Waals surface area contributed by atoms with Gasteiger partial charge in [0.05, 0.1) is 5.92 Å². The van der Waals surface area contributed by atoms with E-state index >= 15 is 0 Å². The van der Waals surface area contributed by atoms with Gasteiger partial charge in [-0.2, -0.15) is 4.52 Å². The third kappa shape index (κ3) is 3.03. The Morgan fingerprint density at radius 3 is 2.72 bits per heavy atom. The van der Waals surface area contributed by atoms with Gasteiger partial charge in [0.25, 0.3) is 5.92 Å². The Kier molecular flexibility index (Phi) is 3.81. The zero-order chi connectivity index (χ0) is 17.6. The molecule has 0 bridgehead atoms. The molecule has 1 amide bonds. The third-order valence-corrected chi connectivity index (χ3v) is 5.07. The molecule has 2 aliphatic rings. The van der Waals surface area contributed by atoms with Crippen LogP contribution in [0, 0.1) is 12.8 Å². The minimum absolute atomic E-state index is 0.0143. The number of likely N-dealkylation sites (tertiary alicyclic amines) is 1. The van der Waals surface area contributed by atoms with Crippen LogP contribution >= 0.6 is 0 Å². The lowest BCUT2D eigenvalue weighted by atomic mass is 10.0. The number of hydrogen-bond acceptors (Lipinski definition) is 5. The summed E-state index contributed by atoms with van der Waals surface area (Å²) in [4.78, 5) is 16.3. The van der Waals surface area contributed by atoms with Gasteiger partial charge in [0.1, 0.15) is 5.82 Å². The van der Waals surface area contributed by atoms with E-state index in [1.165, 1.54) is 0 Å². The fourth-order valence-corrected chi connectivity index (χ4v) is 3.54. The lowest BCUT2D eigenvalue weighted by Crippen LogP contribution is -2.45. The molecule has 2 fully saturated rings. The van der Waals surface area contributed by atoms with E-state index in [0.29, 0.717) is 24.4 Å². The first-order valence-electron chi connectivity index (χ1n) is 8.54. The predicted octanol–water partition coefficient (Wildman–Crippen LogP) is 1.52. The van der Waals surface area contributed by atoms with Gasteiger partial charge in [-0.25, -0.2) is 8.78 Å². The number of fused-ring (bicyclic) bond motifs is 1. The van der Waals surface area contributed by atoms with Gasteiger partial charge in [0, 0.05) is 39.0 Å². The van der Waals surface area contributed by atoms with Gasteiger partial charge < -0.3 is 9.80 Å². The highest BCUT2D eigenvalue weighted by molar-refractivity contribution is 5.80. The molecule has 4 rings (SSSR count). The number of hydrogen-bond donors (Lipinski definition) is 0. The van der Waals surface area contributed by atoms with Gasteiger partial charge in [-0.1, -0.05) is 0 Å². The minimum Gasteiger partial charge on any atom is -0.354 e. The molecule has 0 aromatic carbocycles. The summed E-state index contributed by atoms with van der Waals surface area (Å²) in [5.74, 6) is -1.33. The summed E-state index contributed by atoms with van der Waals surface area (Å²) in [5, 5.41) is 12.5. The van der Waals surface area contributed by atoms with Crippen LogP contribution in [0.2, 0.25) is 0 Å². The van der Waals surface area contributed by atoms with Crippen LogP contribution < -0.4 is 4.90 Å². The number of alkyl halides is 2. The Bertz CT molecular complexity index is 797. The molecule has 1 atom stereocenters. The maximum absolute atomic E-state index is 13.3. The molecule has 0 aliphatic carbocycles. The summed E-state index contributed by atoms with van der Waals surface area (Å²) < 4.78 is 28.2. The molecule has 0 spiro atoms. The zero-order valence-electron chi connectivity index (χ0n) is 14.0. The molecule has 4 heterocycles. The van der Waals surface area contributed by atoms with E-state index in [1.54, 1.807) is 9.42 Å². The summed E-state index contributed by atoms with van der Waals surface area (Å²) in [6, 6.07) is 3.72. The fourth-order valence-electron chi connectivity index (χ4n) is 3.54. The highest BCUT2D eigenvalue weighted by Gasteiger charge is 2.39. The lowest BCUT2D eigenvalue weighted by Gasteiger charge is -2.33. The summed E-state index contributed by atoms with van der Waals surface area (Å²) in [5.41, 5.74) is 0.683. The number of carbonyl (C=O) groups excluding carboxylic acids is 1. The van der Waals surface area contributed by atoms with Crippen molar-refractivity contribution in [3.05, 3.63) is 18.0 Å². The smallest absolute Gasteiger partial charge is 0.251 e. The number of nitrogens with zero attached hydrogens (tertiary/aromatic N) is 6. The first-order chi connectivity index (χ1) is 11.9. The van der Waals surface area contributed by atoms with Gasteiger partial charge in [0.2, 0.25) is 5.91 Å². The Hall–Kier alpha value is -2.32. The molecule has 7 nitrogen and oxygen atoms in total. The maximum atomic E-state index is 13.3. The van der Waals surface area contributed by atoms with E-state index in [4.69, 9.17) is 0 Å². The first kappa shape index (κ1) is 16.2. The van der Waals surface area contributed by atoms with Crippen molar-refractivity contribution in [2.24, 2.45) is 5.92 Å². The van der Waals surface area contributed by atoms with E-state index in [0.717, 1.165) is 12.4 Å². The predicted molar refractivity (Wildman–Crippen MR) is 86.6 cm³/mol. The van der Waals surface area contributed by atoms with Crippen molar-refractivity contribution in [2.45, 2.75) is 32.1 Å².